The van der Waals surface area contributed by atoms with Crippen molar-refractivity contribution >= 4 is 37.8 Å². The highest BCUT2D eigenvalue weighted by Crippen LogP contribution is 2.28. The van der Waals surface area contributed by atoms with Crippen LogP contribution < -0.4 is 5.32 Å². The van der Waals surface area contributed by atoms with E-state index in [4.69, 9.17) is 0 Å². The maximum atomic E-state index is 12.2. The first-order valence-electron chi connectivity index (χ1n) is 6.75. The van der Waals surface area contributed by atoms with Gasteiger partial charge in [0.2, 0.25) is 0 Å². The Hall–Kier alpha value is -0.350. The van der Waals surface area contributed by atoms with Gasteiger partial charge < -0.3 is 5.32 Å². The van der Waals surface area contributed by atoms with Crippen LogP contribution in [0.3, 0.4) is 0 Å². The summed E-state index contributed by atoms with van der Waals surface area (Å²) in [6, 6.07) is 5.78. The zero-order valence-electron chi connectivity index (χ0n) is 11.1. The zero-order chi connectivity index (χ0) is 13.8. The number of nitrogens with one attached hydrogen (secondary N) is 1. The summed E-state index contributed by atoms with van der Waals surface area (Å²) in [7, 11) is 0. The van der Waals surface area contributed by atoms with E-state index in [0.717, 1.165) is 22.1 Å². The number of alkyl halides is 1. The molecule has 1 N–H and O–H groups in total. The molecular weight excluding hydrogens is 370 g/mol. The van der Waals surface area contributed by atoms with Crippen molar-refractivity contribution in [2.45, 2.75) is 37.4 Å². The summed E-state index contributed by atoms with van der Waals surface area (Å²) in [5.41, 5.74) is 1.82. The Bertz CT molecular complexity index is 453. The van der Waals surface area contributed by atoms with E-state index in [1.807, 2.05) is 25.1 Å². The van der Waals surface area contributed by atoms with E-state index in [0.29, 0.717) is 10.7 Å². The minimum Gasteiger partial charge on any atom is -0.352 e. The second-order valence-electron chi connectivity index (χ2n) is 5.26. The van der Waals surface area contributed by atoms with Gasteiger partial charge in [-0.25, -0.2) is 0 Å². The molecule has 0 unspecified atom stereocenters. The second kappa shape index (κ2) is 6.89. The Morgan fingerprint density at radius 3 is 2.68 bits per heavy atom. The van der Waals surface area contributed by atoms with Gasteiger partial charge in [0.15, 0.2) is 0 Å². The molecule has 104 valence electrons. The molecule has 1 aromatic carbocycles. The van der Waals surface area contributed by atoms with Crippen molar-refractivity contribution in [1.29, 1.82) is 0 Å². The fourth-order valence-corrected chi connectivity index (χ4v) is 3.45. The van der Waals surface area contributed by atoms with Crippen LogP contribution in [0.1, 0.15) is 41.6 Å². The number of amides is 1. The molecule has 2 nitrogen and oxygen atoms in total. The molecule has 2 rings (SSSR count). The highest BCUT2D eigenvalue weighted by atomic mass is 79.9. The summed E-state index contributed by atoms with van der Waals surface area (Å²) in [5, 5.41) is 3.07. The van der Waals surface area contributed by atoms with Gasteiger partial charge in [0.1, 0.15) is 0 Å². The lowest BCUT2D eigenvalue weighted by Crippen LogP contribution is -2.31. The maximum absolute atomic E-state index is 12.2. The highest BCUT2D eigenvalue weighted by Gasteiger charge is 2.20. The SMILES string of the molecule is Cc1cccc(C(=O)NCC2CCC(Br)CC2)c1Br. The molecule has 1 fully saturated rings. The third kappa shape index (κ3) is 4.06. The van der Waals surface area contributed by atoms with E-state index in [2.05, 4.69) is 37.2 Å². The zero-order valence-corrected chi connectivity index (χ0v) is 14.3. The summed E-state index contributed by atoms with van der Waals surface area (Å²) in [6.45, 7) is 2.79. The van der Waals surface area contributed by atoms with E-state index in [1.165, 1.54) is 25.7 Å². The van der Waals surface area contributed by atoms with Crippen LogP contribution >= 0.6 is 31.9 Å². The number of carbonyl (C=O) groups excluding carboxylic acids is 1. The molecular formula is C15H19Br2NO. The van der Waals surface area contributed by atoms with E-state index in [-0.39, 0.29) is 5.91 Å². The smallest absolute Gasteiger partial charge is 0.252 e. The number of carbonyl (C=O) groups is 1. The summed E-state index contributed by atoms with van der Waals surface area (Å²) in [5.74, 6) is 0.651. The molecule has 1 aliphatic carbocycles. The van der Waals surface area contributed by atoms with Gasteiger partial charge in [-0.2, -0.15) is 0 Å². The third-order valence-electron chi connectivity index (χ3n) is 3.76. The first-order chi connectivity index (χ1) is 9.08. The minimum absolute atomic E-state index is 0.0246. The maximum Gasteiger partial charge on any atom is 0.252 e. The average Bonchev–Trinajstić information content (AvgIpc) is 2.41. The molecule has 0 heterocycles. The van der Waals surface area contributed by atoms with Crippen LogP contribution in [-0.2, 0) is 0 Å². The molecule has 0 saturated heterocycles. The first kappa shape index (κ1) is 15.0. The highest BCUT2D eigenvalue weighted by molar-refractivity contribution is 9.10. The van der Waals surface area contributed by atoms with Crippen LogP contribution in [0.4, 0.5) is 0 Å². The molecule has 1 aromatic rings. The Kier molecular flexibility index (Phi) is 5.46. The molecule has 0 spiro atoms. The van der Waals surface area contributed by atoms with E-state index < -0.39 is 0 Å². The van der Waals surface area contributed by atoms with Gasteiger partial charge in [-0.1, -0.05) is 28.1 Å². The van der Waals surface area contributed by atoms with Crippen molar-refractivity contribution in [3.8, 4) is 0 Å². The Labute approximate surface area is 131 Å². The van der Waals surface area contributed by atoms with Crippen LogP contribution in [0.2, 0.25) is 0 Å². The molecule has 1 amide bonds. The first-order valence-corrected chi connectivity index (χ1v) is 8.46. The standard InChI is InChI=1S/C15H19Br2NO/c1-10-3-2-4-13(14(10)17)15(19)18-9-11-5-7-12(16)8-6-11/h2-4,11-12H,5-9H2,1H3,(H,18,19). The van der Waals surface area contributed by atoms with Gasteiger partial charge >= 0.3 is 0 Å². The van der Waals surface area contributed by atoms with Crippen molar-refractivity contribution < 1.29 is 4.79 Å². The molecule has 1 saturated carbocycles. The summed E-state index contributed by atoms with van der Waals surface area (Å²) < 4.78 is 0.900. The molecule has 1 aliphatic rings. The van der Waals surface area contributed by atoms with Crippen LogP contribution in [0.25, 0.3) is 0 Å². The normalized spacial score (nSPS) is 23.1. The van der Waals surface area contributed by atoms with Gasteiger partial charge in [-0.15, -0.1) is 0 Å². The van der Waals surface area contributed by atoms with E-state index in [9.17, 15) is 4.79 Å². The molecule has 0 aliphatic heterocycles. The number of hydrogen-bond donors (Lipinski definition) is 1. The number of halogens is 2. The summed E-state index contributed by atoms with van der Waals surface area (Å²) >= 11 is 7.14. The second-order valence-corrected chi connectivity index (χ2v) is 7.35. The van der Waals surface area contributed by atoms with Gasteiger partial charge in [-0.3, -0.25) is 4.79 Å². The van der Waals surface area contributed by atoms with Crippen molar-refractivity contribution in [3.05, 3.63) is 33.8 Å². The molecule has 0 radical (unpaired) electrons. The van der Waals surface area contributed by atoms with Crippen LogP contribution in [0.15, 0.2) is 22.7 Å². The van der Waals surface area contributed by atoms with Gasteiger partial charge in [0.05, 0.1) is 5.56 Å². The minimum atomic E-state index is 0.0246. The topological polar surface area (TPSA) is 29.1 Å². The van der Waals surface area contributed by atoms with Gasteiger partial charge in [0, 0.05) is 15.8 Å². The largest absolute Gasteiger partial charge is 0.352 e. The fraction of sp³-hybridized carbons (Fsp3) is 0.533. The van der Waals surface area contributed by atoms with Crippen LogP contribution in [0.5, 0.6) is 0 Å². The molecule has 0 aromatic heterocycles. The number of hydrogen-bond acceptors (Lipinski definition) is 1. The lowest BCUT2D eigenvalue weighted by molar-refractivity contribution is 0.0943. The summed E-state index contributed by atoms with van der Waals surface area (Å²) in [6.07, 6.45) is 4.83. The van der Waals surface area contributed by atoms with Gasteiger partial charge in [-0.05, 0) is 66.1 Å². The third-order valence-corrected chi connectivity index (χ3v) is 5.73. The number of benzene rings is 1. The van der Waals surface area contributed by atoms with Crippen molar-refractivity contribution in [2.75, 3.05) is 6.54 Å². The average molecular weight is 389 g/mol. The van der Waals surface area contributed by atoms with Crippen molar-refractivity contribution in [1.82, 2.24) is 5.32 Å². The molecule has 19 heavy (non-hydrogen) atoms. The van der Waals surface area contributed by atoms with E-state index >= 15 is 0 Å². The number of rotatable bonds is 3. The van der Waals surface area contributed by atoms with Crippen molar-refractivity contribution in [3.63, 3.8) is 0 Å². The van der Waals surface area contributed by atoms with E-state index in [1.54, 1.807) is 0 Å². The van der Waals surface area contributed by atoms with Crippen LogP contribution in [-0.4, -0.2) is 17.3 Å². The fourth-order valence-electron chi connectivity index (χ4n) is 2.48. The summed E-state index contributed by atoms with van der Waals surface area (Å²) in [4.78, 5) is 12.8. The predicted octanol–water partition coefficient (Wildman–Crippen LogP) is 4.44. The molecule has 4 heteroatoms. The molecule has 0 atom stereocenters. The quantitative estimate of drug-likeness (QED) is 0.762. The molecule has 0 bridgehead atoms. The Balaban J connectivity index is 1.89. The monoisotopic (exact) mass is 387 g/mol. The van der Waals surface area contributed by atoms with Crippen LogP contribution in [0, 0.1) is 12.8 Å². The lowest BCUT2D eigenvalue weighted by atomic mass is 9.89. The predicted molar refractivity (Wildman–Crippen MR) is 85.9 cm³/mol. The Morgan fingerprint density at radius 2 is 2.00 bits per heavy atom. The van der Waals surface area contributed by atoms with Gasteiger partial charge in [0.25, 0.3) is 5.91 Å². The Morgan fingerprint density at radius 1 is 1.32 bits per heavy atom. The number of aryl methyl sites for hydroxylation is 1. The van der Waals surface area contributed by atoms with Crippen molar-refractivity contribution in [2.24, 2.45) is 5.92 Å². The lowest BCUT2D eigenvalue weighted by Gasteiger charge is -2.25.